The minimum atomic E-state index is -0.176. The first kappa shape index (κ1) is 21.7. The number of ketones is 2. The number of para-hydroxylation sites is 1. The third-order valence-electron chi connectivity index (χ3n) is 7.18. The van der Waals surface area contributed by atoms with E-state index in [1.54, 1.807) is 17.4 Å². The molecule has 7 rings (SSSR count). The molecule has 1 aliphatic carbocycles. The van der Waals surface area contributed by atoms with Crippen LogP contribution in [0.5, 0.6) is 0 Å². The summed E-state index contributed by atoms with van der Waals surface area (Å²) in [7, 11) is 0. The summed E-state index contributed by atoms with van der Waals surface area (Å²) in [6.45, 7) is 4.48. The van der Waals surface area contributed by atoms with Crippen molar-refractivity contribution in [1.82, 2.24) is 4.98 Å². The molecule has 0 unspecified atom stereocenters. The molecule has 0 fully saturated rings. The maximum absolute atomic E-state index is 13.2. The number of benzene rings is 2. The number of nitrogens with zero attached hydrogens (tertiary/aromatic N) is 2. The average molecular weight is 552 g/mol. The molecule has 3 aromatic heterocycles. The summed E-state index contributed by atoms with van der Waals surface area (Å²) in [5, 5.41) is 2.99. The van der Waals surface area contributed by atoms with E-state index in [-0.39, 0.29) is 37.1 Å². The second-order valence-electron chi connectivity index (χ2n) is 9.60. The molecule has 174 valence electrons. The second-order valence-corrected chi connectivity index (χ2v) is 12.8. The van der Waals surface area contributed by atoms with E-state index in [9.17, 15) is 9.59 Å². The van der Waals surface area contributed by atoms with Crippen molar-refractivity contribution < 1.29 is 9.59 Å². The molecule has 0 amide bonds. The van der Waals surface area contributed by atoms with Gasteiger partial charge in [-0.3, -0.25) is 0 Å². The van der Waals surface area contributed by atoms with Crippen LogP contribution in [-0.4, -0.2) is 31.1 Å². The van der Waals surface area contributed by atoms with Gasteiger partial charge in [0.2, 0.25) is 0 Å². The summed E-state index contributed by atoms with van der Waals surface area (Å²) >= 11 is 1.49. The molecule has 4 heterocycles. The zero-order valence-corrected chi connectivity index (χ0v) is 22.1. The summed E-state index contributed by atoms with van der Waals surface area (Å²) in [5.74, 6) is 0.593. The standard InChI is InChI=1S/C30H20N2O2SSe/c1-30(2)22-6-3-4-8-24(22)32(29-23(30)7-5-12-31-29)26-10-9-18(36-26)15-21-27(33)19-14-17-11-13-35-25(17)16-20(19)28(21)34/h3-16H,1-2H3/b21-15+. The fourth-order valence-corrected chi connectivity index (χ4v) is 8.17. The molecule has 0 spiro atoms. The SMILES string of the molecule is CC1(C)c2ccccc2N(c2ccc(/C=C3\C(=O)c4cc5ccsc5cc4C3=O)[se]2)c2ncccc21. The average Bonchev–Trinajstić information content (AvgIpc) is 3.59. The molecule has 0 saturated carbocycles. The first-order valence-corrected chi connectivity index (χ1v) is 14.3. The van der Waals surface area contributed by atoms with Gasteiger partial charge in [-0.25, -0.2) is 0 Å². The molecule has 5 aromatic rings. The number of allylic oxidation sites excluding steroid dienone is 1. The molecule has 36 heavy (non-hydrogen) atoms. The number of hydrogen-bond donors (Lipinski definition) is 0. The minimum absolute atomic E-state index is 0.0912. The number of thiophene rings is 1. The Balaban J connectivity index is 1.32. The molecule has 1 aliphatic heterocycles. The van der Waals surface area contributed by atoms with E-state index in [0.717, 1.165) is 30.6 Å². The van der Waals surface area contributed by atoms with Gasteiger partial charge in [-0.2, -0.15) is 0 Å². The number of hydrogen-bond acceptors (Lipinski definition) is 5. The molecule has 0 atom stereocenters. The van der Waals surface area contributed by atoms with Gasteiger partial charge >= 0.3 is 219 Å². The van der Waals surface area contributed by atoms with Crippen molar-refractivity contribution in [3.05, 3.63) is 111 Å². The summed E-state index contributed by atoms with van der Waals surface area (Å²) < 4.78 is 3.17. The van der Waals surface area contributed by atoms with E-state index in [1.165, 1.54) is 11.1 Å². The zero-order chi connectivity index (χ0) is 24.6. The first-order chi connectivity index (χ1) is 17.4. The Morgan fingerprint density at radius 1 is 0.917 bits per heavy atom. The van der Waals surface area contributed by atoms with Crippen LogP contribution in [0.3, 0.4) is 0 Å². The number of carbonyl (C=O) groups excluding carboxylic acids is 2. The van der Waals surface area contributed by atoms with Gasteiger partial charge in [0.05, 0.1) is 0 Å². The van der Waals surface area contributed by atoms with Crippen molar-refractivity contribution >= 4 is 69.6 Å². The Hall–Kier alpha value is -3.57. The van der Waals surface area contributed by atoms with Crippen molar-refractivity contribution in [2.45, 2.75) is 19.3 Å². The fraction of sp³-hybridized carbons (Fsp3) is 0.100. The van der Waals surface area contributed by atoms with Crippen molar-refractivity contribution in [3.8, 4) is 0 Å². The Kier molecular flexibility index (Phi) is 4.65. The van der Waals surface area contributed by atoms with Crippen LogP contribution in [0, 0.1) is 0 Å². The summed E-state index contributed by atoms with van der Waals surface area (Å²) in [6.07, 6.45) is 3.65. The predicted molar refractivity (Wildman–Crippen MR) is 146 cm³/mol. The fourth-order valence-electron chi connectivity index (χ4n) is 5.33. The van der Waals surface area contributed by atoms with Gasteiger partial charge in [-0.05, 0) is 0 Å². The monoisotopic (exact) mass is 552 g/mol. The Bertz CT molecular complexity index is 1670. The summed E-state index contributed by atoms with van der Waals surface area (Å²) in [4.78, 5) is 33.4. The van der Waals surface area contributed by atoms with Gasteiger partial charge < -0.3 is 0 Å². The van der Waals surface area contributed by atoms with Crippen molar-refractivity contribution in [1.29, 1.82) is 0 Å². The predicted octanol–water partition coefficient (Wildman–Crippen LogP) is 6.93. The Morgan fingerprint density at radius 2 is 1.69 bits per heavy atom. The van der Waals surface area contributed by atoms with Crippen molar-refractivity contribution in [2.75, 3.05) is 4.90 Å². The number of pyridine rings is 1. The van der Waals surface area contributed by atoms with Gasteiger partial charge in [0.15, 0.2) is 0 Å². The van der Waals surface area contributed by atoms with Crippen LogP contribution in [0.4, 0.5) is 16.1 Å². The van der Waals surface area contributed by atoms with E-state index in [1.807, 2.05) is 41.9 Å². The van der Waals surface area contributed by atoms with Crippen LogP contribution < -0.4 is 4.90 Å². The Labute approximate surface area is 218 Å². The van der Waals surface area contributed by atoms with E-state index >= 15 is 0 Å². The quantitative estimate of drug-likeness (QED) is 0.136. The Morgan fingerprint density at radius 3 is 2.56 bits per heavy atom. The number of rotatable bonds is 2. The van der Waals surface area contributed by atoms with Crippen LogP contribution in [0.1, 0.15) is 50.1 Å². The van der Waals surface area contributed by atoms with E-state index in [0.29, 0.717) is 11.1 Å². The third-order valence-corrected chi connectivity index (χ3v) is 10.2. The molecule has 6 heteroatoms. The van der Waals surface area contributed by atoms with Crippen LogP contribution in [0.2, 0.25) is 0 Å². The van der Waals surface area contributed by atoms with Crippen LogP contribution in [0.25, 0.3) is 16.2 Å². The maximum atomic E-state index is 13.2. The molecule has 0 bridgehead atoms. The van der Waals surface area contributed by atoms with Crippen molar-refractivity contribution in [2.24, 2.45) is 0 Å². The number of fused-ring (bicyclic) bond motifs is 4. The van der Waals surface area contributed by atoms with Crippen molar-refractivity contribution in [3.63, 3.8) is 0 Å². The normalized spacial score (nSPS) is 16.9. The number of Topliss-reactive ketones (excluding diaryl/α,β-unsaturated/α-hetero) is 2. The van der Waals surface area contributed by atoms with Gasteiger partial charge in [-0.15, -0.1) is 0 Å². The van der Waals surface area contributed by atoms with E-state index in [4.69, 9.17) is 4.98 Å². The zero-order valence-electron chi connectivity index (χ0n) is 19.6. The first-order valence-electron chi connectivity index (χ1n) is 11.7. The van der Waals surface area contributed by atoms with Gasteiger partial charge in [0.1, 0.15) is 0 Å². The van der Waals surface area contributed by atoms with E-state index in [2.05, 4.69) is 55.1 Å². The van der Waals surface area contributed by atoms with Crippen LogP contribution in [-0.2, 0) is 5.41 Å². The van der Waals surface area contributed by atoms with Gasteiger partial charge in [0.25, 0.3) is 0 Å². The second kappa shape index (κ2) is 7.71. The van der Waals surface area contributed by atoms with Gasteiger partial charge in [-0.1, -0.05) is 0 Å². The molecular formula is C30H20N2O2SSe. The molecule has 4 nitrogen and oxygen atoms in total. The number of anilines is 3. The molecule has 2 aliphatic rings. The molecule has 0 radical (unpaired) electrons. The topological polar surface area (TPSA) is 50.3 Å². The van der Waals surface area contributed by atoms with Crippen LogP contribution in [0.15, 0.2) is 83.9 Å². The molecule has 2 aromatic carbocycles. The van der Waals surface area contributed by atoms with E-state index < -0.39 is 0 Å². The molecule has 0 saturated heterocycles. The number of carbonyl (C=O) groups is 2. The van der Waals surface area contributed by atoms with Crippen LogP contribution >= 0.6 is 11.3 Å². The molecule has 0 N–H and O–H groups in total. The number of aromatic nitrogens is 1. The third kappa shape index (κ3) is 3.02. The summed E-state index contributed by atoms with van der Waals surface area (Å²) in [5.41, 5.74) is 4.71. The molecular weight excluding hydrogens is 531 g/mol. The van der Waals surface area contributed by atoms with Gasteiger partial charge in [0, 0.05) is 0 Å². The summed E-state index contributed by atoms with van der Waals surface area (Å²) in [6, 6.07) is 22.5.